The fraction of sp³-hybridized carbons (Fsp3) is 0.346. The van der Waals surface area contributed by atoms with Crippen molar-refractivity contribution in [2.45, 2.75) is 34.2 Å². The number of carbonyl (C=O) groups excluding carboxylic acids is 2. The molecule has 3 rings (SSSR count). The molecule has 0 aliphatic carbocycles. The second kappa shape index (κ2) is 12.2. The number of thiazole rings is 1. The molecular weight excluding hydrogens is 468 g/mol. The first-order valence-corrected chi connectivity index (χ1v) is 12.4. The number of benzene rings is 2. The fourth-order valence-electron chi connectivity index (χ4n) is 3.47. The van der Waals surface area contributed by atoms with E-state index in [1.54, 1.807) is 37.3 Å². The zero-order valence-corrected chi connectivity index (χ0v) is 21.3. The Labute approximate surface area is 208 Å². The minimum atomic E-state index is -0.454. The van der Waals surface area contributed by atoms with Crippen LogP contribution in [0.15, 0.2) is 48.0 Å². The quantitative estimate of drug-likeness (QED) is 0.273. The minimum absolute atomic E-state index is 0.294. The molecule has 35 heavy (non-hydrogen) atoms. The Kier molecular flexibility index (Phi) is 9.08. The molecule has 186 valence electrons. The SMILES string of the molecule is C=CCn1c(=NC(=O)c2cc(OCC)c(OCC)c(OCC)c2)sc2cc(C(=O)OCC)ccc21. The van der Waals surface area contributed by atoms with Gasteiger partial charge in [0.15, 0.2) is 16.3 Å². The second-order valence-electron chi connectivity index (χ2n) is 7.20. The first-order valence-electron chi connectivity index (χ1n) is 11.5. The van der Waals surface area contributed by atoms with Gasteiger partial charge in [-0.25, -0.2) is 4.79 Å². The van der Waals surface area contributed by atoms with Crippen molar-refractivity contribution >= 4 is 33.4 Å². The normalized spacial score (nSPS) is 11.4. The summed E-state index contributed by atoms with van der Waals surface area (Å²) in [4.78, 5) is 30.3. The number of rotatable bonds is 11. The summed E-state index contributed by atoms with van der Waals surface area (Å²) in [7, 11) is 0. The highest BCUT2D eigenvalue weighted by Crippen LogP contribution is 2.39. The van der Waals surface area contributed by atoms with Gasteiger partial charge in [-0.1, -0.05) is 17.4 Å². The third-order valence-electron chi connectivity index (χ3n) is 4.86. The lowest BCUT2D eigenvalue weighted by Crippen LogP contribution is -2.16. The zero-order chi connectivity index (χ0) is 25.4. The monoisotopic (exact) mass is 498 g/mol. The van der Waals surface area contributed by atoms with Crippen LogP contribution in [0, 0.1) is 0 Å². The first-order chi connectivity index (χ1) is 17.0. The van der Waals surface area contributed by atoms with Gasteiger partial charge in [-0.05, 0) is 58.0 Å². The predicted octanol–water partition coefficient (Wildman–Crippen LogP) is 5.00. The van der Waals surface area contributed by atoms with Gasteiger partial charge in [0, 0.05) is 12.1 Å². The molecule has 9 heteroatoms. The van der Waals surface area contributed by atoms with Crippen molar-refractivity contribution in [1.29, 1.82) is 0 Å². The van der Waals surface area contributed by atoms with Crippen LogP contribution in [0.25, 0.3) is 10.2 Å². The highest BCUT2D eigenvalue weighted by Gasteiger charge is 2.19. The number of carbonyl (C=O) groups is 2. The molecule has 0 spiro atoms. The van der Waals surface area contributed by atoms with Crippen molar-refractivity contribution in [3.63, 3.8) is 0 Å². The summed E-state index contributed by atoms with van der Waals surface area (Å²) in [6.07, 6.45) is 1.73. The number of esters is 1. The van der Waals surface area contributed by atoms with E-state index in [-0.39, 0.29) is 0 Å². The van der Waals surface area contributed by atoms with E-state index < -0.39 is 11.9 Å². The molecular formula is C26H30N2O6S. The summed E-state index contributed by atoms with van der Waals surface area (Å²) in [6, 6.07) is 8.51. The maximum Gasteiger partial charge on any atom is 0.338 e. The molecule has 0 aliphatic rings. The van der Waals surface area contributed by atoms with Crippen LogP contribution < -0.4 is 19.0 Å². The van der Waals surface area contributed by atoms with Gasteiger partial charge in [0.25, 0.3) is 5.91 Å². The topological polar surface area (TPSA) is 88.4 Å². The standard InChI is InChI=1S/C26H30N2O6S/c1-6-13-28-19-12-11-17(25(30)34-10-5)16-22(19)35-26(28)27-24(29)18-14-20(31-7-2)23(33-9-4)21(15-18)32-8-3/h6,11-12,14-16H,1,7-10,13H2,2-5H3. The summed E-state index contributed by atoms with van der Waals surface area (Å²) < 4.78 is 25.0. The van der Waals surface area contributed by atoms with Crippen LogP contribution in [0.2, 0.25) is 0 Å². The van der Waals surface area contributed by atoms with E-state index in [1.807, 2.05) is 31.4 Å². The summed E-state index contributed by atoms with van der Waals surface area (Å²) in [5.74, 6) is 0.461. The molecule has 0 N–H and O–H groups in total. The number of allylic oxidation sites excluding steroid dienone is 1. The van der Waals surface area contributed by atoms with Crippen LogP contribution in [0.5, 0.6) is 17.2 Å². The molecule has 0 atom stereocenters. The molecule has 0 unspecified atom stereocenters. The molecule has 8 nitrogen and oxygen atoms in total. The minimum Gasteiger partial charge on any atom is -0.490 e. The summed E-state index contributed by atoms with van der Waals surface area (Å²) in [5, 5.41) is 0. The van der Waals surface area contributed by atoms with Crippen molar-refractivity contribution in [2.24, 2.45) is 4.99 Å². The van der Waals surface area contributed by atoms with Crippen LogP contribution in [-0.4, -0.2) is 42.9 Å². The van der Waals surface area contributed by atoms with Gasteiger partial charge in [0.05, 0.1) is 42.2 Å². The molecule has 1 aromatic heterocycles. The van der Waals surface area contributed by atoms with Crippen molar-refractivity contribution < 1.29 is 28.5 Å². The number of nitrogens with zero attached hydrogens (tertiary/aromatic N) is 2. The zero-order valence-electron chi connectivity index (χ0n) is 20.5. The maximum atomic E-state index is 13.3. The Balaban J connectivity index is 2.12. The Bertz CT molecular complexity index is 1260. The molecule has 1 amide bonds. The summed E-state index contributed by atoms with van der Waals surface area (Å²) >= 11 is 1.31. The molecule has 0 aliphatic heterocycles. The van der Waals surface area contributed by atoms with Crippen LogP contribution in [0.4, 0.5) is 0 Å². The van der Waals surface area contributed by atoms with Crippen molar-refractivity contribution in [3.8, 4) is 17.2 Å². The number of ether oxygens (including phenoxy) is 4. The van der Waals surface area contributed by atoms with Gasteiger partial charge >= 0.3 is 5.97 Å². The lowest BCUT2D eigenvalue weighted by Gasteiger charge is -2.16. The molecule has 0 bridgehead atoms. The maximum absolute atomic E-state index is 13.3. The molecule has 0 saturated heterocycles. The van der Waals surface area contributed by atoms with Gasteiger partial charge in [0.1, 0.15) is 0 Å². The number of amides is 1. The van der Waals surface area contributed by atoms with Gasteiger partial charge in [-0.15, -0.1) is 6.58 Å². The van der Waals surface area contributed by atoms with Crippen LogP contribution in [0.3, 0.4) is 0 Å². The van der Waals surface area contributed by atoms with Crippen LogP contribution >= 0.6 is 11.3 Å². The fourth-order valence-corrected chi connectivity index (χ4v) is 4.55. The van der Waals surface area contributed by atoms with E-state index in [9.17, 15) is 9.59 Å². The van der Waals surface area contributed by atoms with Gasteiger partial charge in [0.2, 0.25) is 5.75 Å². The smallest absolute Gasteiger partial charge is 0.338 e. The van der Waals surface area contributed by atoms with Crippen molar-refractivity contribution in [1.82, 2.24) is 4.57 Å². The average molecular weight is 499 g/mol. The van der Waals surface area contributed by atoms with E-state index >= 15 is 0 Å². The van der Waals surface area contributed by atoms with E-state index in [0.717, 1.165) is 10.2 Å². The number of fused-ring (bicyclic) bond motifs is 1. The van der Waals surface area contributed by atoms with Gasteiger partial charge in [-0.2, -0.15) is 4.99 Å². The summed E-state index contributed by atoms with van der Waals surface area (Å²) in [6.45, 7) is 13.1. The van der Waals surface area contributed by atoms with Gasteiger partial charge < -0.3 is 23.5 Å². The van der Waals surface area contributed by atoms with Crippen molar-refractivity contribution in [3.05, 3.63) is 58.9 Å². The van der Waals surface area contributed by atoms with Crippen molar-refractivity contribution in [2.75, 3.05) is 26.4 Å². The lowest BCUT2D eigenvalue weighted by atomic mass is 10.1. The molecule has 1 heterocycles. The van der Waals surface area contributed by atoms with E-state index in [4.69, 9.17) is 18.9 Å². The van der Waals surface area contributed by atoms with E-state index in [1.165, 1.54) is 11.3 Å². The van der Waals surface area contributed by atoms with Crippen LogP contribution in [0.1, 0.15) is 48.4 Å². The number of hydrogen-bond donors (Lipinski definition) is 0. The third-order valence-corrected chi connectivity index (χ3v) is 5.90. The highest BCUT2D eigenvalue weighted by molar-refractivity contribution is 7.16. The molecule has 0 fully saturated rings. The first kappa shape index (κ1) is 26.0. The highest BCUT2D eigenvalue weighted by atomic mass is 32.1. The largest absolute Gasteiger partial charge is 0.490 e. The van der Waals surface area contributed by atoms with Gasteiger partial charge in [-0.3, -0.25) is 4.79 Å². The number of aromatic nitrogens is 1. The molecule has 0 radical (unpaired) electrons. The summed E-state index contributed by atoms with van der Waals surface area (Å²) in [5.41, 5.74) is 1.60. The third kappa shape index (κ3) is 5.92. The lowest BCUT2D eigenvalue weighted by molar-refractivity contribution is 0.0526. The average Bonchev–Trinajstić information content (AvgIpc) is 3.17. The Morgan fingerprint density at radius 3 is 2.17 bits per heavy atom. The molecule has 0 saturated carbocycles. The predicted molar refractivity (Wildman–Crippen MR) is 136 cm³/mol. The molecule has 3 aromatic rings. The molecule has 2 aromatic carbocycles. The Morgan fingerprint density at radius 2 is 1.60 bits per heavy atom. The van der Waals surface area contributed by atoms with E-state index in [2.05, 4.69) is 11.6 Å². The second-order valence-corrected chi connectivity index (χ2v) is 8.21. The van der Waals surface area contributed by atoms with E-state index in [0.29, 0.717) is 66.1 Å². The number of hydrogen-bond acceptors (Lipinski definition) is 7. The Morgan fingerprint density at radius 1 is 0.943 bits per heavy atom. The van der Waals surface area contributed by atoms with Crippen LogP contribution in [-0.2, 0) is 11.3 Å². The Hall–Kier alpha value is -3.59.